The van der Waals surface area contributed by atoms with Crippen LogP contribution in [0, 0.1) is 0 Å². The van der Waals surface area contributed by atoms with E-state index < -0.39 is 35.4 Å². The molecule has 2 amide bonds. The number of aldehydes is 1. The third kappa shape index (κ3) is 8.00. The number of nitrogens with one attached hydrogen (secondary N) is 1. The summed E-state index contributed by atoms with van der Waals surface area (Å²) in [6.07, 6.45) is 2.43. The van der Waals surface area contributed by atoms with Gasteiger partial charge in [0.05, 0.1) is 17.0 Å². The summed E-state index contributed by atoms with van der Waals surface area (Å²) in [5.41, 5.74) is 1.70. The lowest BCUT2D eigenvalue weighted by atomic mass is 10.0. The molecule has 214 valence electrons. The summed E-state index contributed by atoms with van der Waals surface area (Å²) in [7, 11) is 0. The molecule has 12 heteroatoms. The summed E-state index contributed by atoms with van der Waals surface area (Å²) >= 11 is 3.24. The Hall–Kier alpha value is -3.54. The molecule has 40 heavy (non-hydrogen) atoms. The Morgan fingerprint density at radius 1 is 1.18 bits per heavy atom. The van der Waals surface area contributed by atoms with Gasteiger partial charge in [-0.05, 0) is 44.4 Å². The fourth-order valence-corrected chi connectivity index (χ4v) is 4.79. The van der Waals surface area contributed by atoms with Gasteiger partial charge in [-0.25, -0.2) is 14.1 Å². The van der Waals surface area contributed by atoms with Crippen LogP contribution in [-0.4, -0.2) is 48.7 Å². The van der Waals surface area contributed by atoms with Crippen LogP contribution in [0.25, 0.3) is 11.1 Å². The second kappa shape index (κ2) is 13.7. The average molecular weight is 588 g/mol. The summed E-state index contributed by atoms with van der Waals surface area (Å²) in [6.45, 7) is 6.88. The Kier molecular flexibility index (Phi) is 10.6. The first-order chi connectivity index (χ1) is 18.9. The highest BCUT2D eigenvalue weighted by Gasteiger charge is 2.23. The van der Waals surface area contributed by atoms with Crippen molar-refractivity contribution in [2.75, 3.05) is 10.8 Å². The van der Waals surface area contributed by atoms with Gasteiger partial charge in [0, 0.05) is 18.5 Å². The van der Waals surface area contributed by atoms with Crippen LogP contribution in [0.1, 0.15) is 62.4 Å². The van der Waals surface area contributed by atoms with Gasteiger partial charge >= 0.3 is 6.09 Å². The predicted octanol–water partition coefficient (Wildman–Crippen LogP) is 5.06. The second-order valence-corrected chi connectivity index (χ2v) is 11.1. The lowest BCUT2D eigenvalue weighted by Gasteiger charge is -2.27. The van der Waals surface area contributed by atoms with Crippen LogP contribution in [0.5, 0.6) is 0 Å². The number of aryl methyl sites for hydroxylation is 1. The van der Waals surface area contributed by atoms with Gasteiger partial charge in [0.1, 0.15) is 23.7 Å². The summed E-state index contributed by atoms with van der Waals surface area (Å²) in [5, 5.41) is 2.46. The molecule has 1 atom stereocenters. The number of halogens is 1. The maximum Gasteiger partial charge on any atom is 0.408 e. The quantitative estimate of drug-likeness (QED) is 0.245. The Morgan fingerprint density at radius 3 is 2.45 bits per heavy atom. The number of aromatic nitrogens is 2. The van der Waals surface area contributed by atoms with Crippen LogP contribution in [-0.2, 0) is 33.8 Å². The van der Waals surface area contributed by atoms with E-state index in [0.717, 1.165) is 24.2 Å². The number of amides is 2. The highest BCUT2D eigenvalue weighted by atomic mass is 35.5. The topological polar surface area (TPSA) is 134 Å². The van der Waals surface area contributed by atoms with E-state index >= 15 is 0 Å². The Labute approximate surface area is 241 Å². The normalized spacial score (nSPS) is 12.1. The standard InChI is InChI=1S/C28H33ClN4O6S/c1-5-6-11-24-31-26(29)23(18-34)32(24)17-19-12-14-20(15-13-19)21-9-7-8-10-22(21)33(40(37)38)25(35)16-30-27(36)39-28(2,3)4/h7-10,12-15,18H,5-6,11,16-17H2,1-4H3,(H,30,36)(H,37,38)/p-1. The first kappa shape index (κ1) is 31.0. The molecule has 0 saturated carbocycles. The molecule has 1 heterocycles. The molecule has 0 spiro atoms. The molecular formula is C28H32ClN4O6S-. The summed E-state index contributed by atoms with van der Waals surface area (Å²) in [5.74, 6) is -0.128. The largest absolute Gasteiger partial charge is 0.755 e. The number of nitrogens with zero attached hydrogens (tertiary/aromatic N) is 3. The molecule has 0 aliphatic rings. The van der Waals surface area contributed by atoms with Gasteiger partial charge in [0.25, 0.3) is 5.91 Å². The van der Waals surface area contributed by atoms with Gasteiger partial charge in [-0.3, -0.25) is 13.8 Å². The fourth-order valence-electron chi connectivity index (χ4n) is 3.99. The van der Waals surface area contributed by atoms with Crippen molar-refractivity contribution in [3.63, 3.8) is 0 Å². The summed E-state index contributed by atoms with van der Waals surface area (Å²) in [6, 6.07) is 13.8. The number of carbonyl (C=O) groups is 3. The third-order valence-electron chi connectivity index (χ3n) is 5.79. The van der Waals surface area contributed by atoms with Gasteiger partial charge < -0.3 is 19.2 Å². The van der Waals surface area contributed by atoms with Crippen LogP contribution in [0.2, 0.25) is 5.15 Å². The van der Waals surface area contributed by atoms with Crippen LogP contribution in [0.15, 0.2) is 48.5 Å². The number of hydrogen-bond acceptors (Lipinski definition) is 7. The molecule has 2 aromatic carbocycles. The zero-order valence-electron chi connectivity index (χ0n) is 22.8. The van der Waals surface area contributed by atoms with Crippen molar-refractivity contribution in [2.24, 2.45) is 0 Å². The number of alkyl carbamates (subject to hydrolysis) is 1. The van der Waals surface area contributed by atoms with Crippen molar-refractivity contribution < 1.29 is 27.9 Å². The number of benzene rings is 2. The molecule has 1 aromatic heterocycles. The minimum absolute atomic E-state index is 0.131. The molecule has 1 N–H and O–H groups in total. The molecule has 0 radical (unpaired) electrons. The third-order valence-corrected chi connectivity index (χ3v) is 6.77. The van der Waals surface area contributed by atoms with Crippen molar-refractivity contribution in [3.8, 4) is 11.1 Å². The maximum absolute atomic E-state index is 12.9. The SMILES string of the molecule is CCCCc1nc(Cl)c(C=O)n1Cc1ccc(-c2ccccc2N(C(=O)CNC(=O)OC(C)(C)C)S(=O)[O-])cc1. The molecule has 10 nitrogen and oxygen atoms in total. The molecule has 0 aliphatic heterocycles. The first-order valence-electron chi connectivity index (χ1n) is 12.7. The average Bonchev–Trinajstić information content (AvgIpc) is 3.19. The van der Waals surface area contributed by atoms with Crippen LogP contribution in [0.3, 0.4) is 0 Å². The number of para-hydroxylation sites is 1. The van der Waals surface area contributed by atoms with E-state index in [1.165, 1.54) is 6.07 Å². The van der Waals surface area contributed by atoms with Crippen molar-refractivity contribution >= 4 is 46.8 Å². The van der Waals surface area contributed by atoms with Crippen molar-refractivity contribution in [3.05, 3.63) is 70.8 Å². The van der Waals surface area contributed by atoms with Gasteiger partial charge in [-0.15, -0.1) is 0 Å². The van der Waals surface area contributed by atoms with E-state index in [1.54, 1.807) is 55.7 Å². The summed E-state index contributed by atoms with van der Waals surface area (Å²) < 4.78 is 31.8. The number of hydrogen-bond donors (Lipinski definition) is 1. The smallest absolute Gasteiger partial charge is 0.408 e. The molecule has 3 aromatic rings. The van der Waals surface area contributed by atoms with Crippen LogP contribution >= 0.6 is 11.6 Å². The number of rotatable bonds is 11. The minimum atomic E-state index is -2.95. The number of unbranched alkanes of at least 4 members (excludes halogenated alkanes) is 1. The monoisotopic (exact) mass is 587 g/mol. The van der Waals surface area contributed by atoms with E-state index in [9.17, 15) is 23.1 Å². The molecule has 3 rings (SSSR count). The van der Waals surface area contributed by atoms with E-state index in [2.05, 4.69) is 17.2 Å². The Bertz CT molecular complexity index is 1380. The molecular weight excluding hydrogens is 556 g/mol. The zero-order chi connectivity index (χ0) is 29.4. The van der Waals surface area contributed by atoms with Gasteiger partial charge in [-0.1, -0.05) is 67.4 Å². The minimum Gasteiger partial charge on any atom is -0.755 e. The van der Waals surface area contributed by atoms with E-state index in [0.29, 0.717) is 40.4 Å². The maximum atomic E-state index is 12.9. The molecule has 1 unspecified atom stereocenters. The van der Waals surface area contributed by atoms with Crippen molar-refractivity contribution in [1.29, 1.82) is 0 Å². The van der Waals surface area contributed by atoms with Crippen molar-refractivity contribution in [1.82, 2.24) is 14.9 Å². The number of ether oxygens (including phenoxy) is 1. The van der Waals surface area contributed by atoms with E-state index in [-0.39, 0.29) is 10.8 Å². The first-order valence-corrected chi connectivity index (χ1v) is 14.1. The highest BCUT2D eigenvalue weighted by Crippen LogP contribution is 2.32. The number of carbonyl (C=O) groups excluding carboxylic acids is 3. The molecule has 0 saturated heterocycles. The number of imidazole rings is 1. The van der Waals surface area contributed by atoms with Gasteiger partial charge in [0.2, 0.25) is 0 Å². The van der Waals surface area contributed by atoms with Crippen molar-refractivity contribution in [2.45, 2.75) is 59.1 Å². The van der Waals surface area contributed by atoms with Gasteiger partial charge in [-0.2, -0.15) is 0 Å². The van der Waals surface area contributed by atoms with Gasteiger partial charge in [0.15, 0.2) is 11.4 Å². The van der Waals surface area contributed by atoms with E-state index in [4.69, 9.17) is 16.3 Å². The second-order valence-electron chi connectivity index (χ2n) is 9.99. The highest BCUT2D eigenvalue weighted by molar-refractivity contribution is 7.81. The summed E-state index contributed by atoms with van der Waals surface area (Å²) in [4.78, 5) is 40.9. The van der Waals surface area contributed by atoms with Crippen LogP contribution in [0.4, 0.5) is 10.5 Å². The fraction of sp³-hybridized carbons (Fsp3) is 0.357. The molecule has 0 bridgehead atoms. The zero-order valence-corrected chi connectivity index (χ0v) is 24.4. The van der Waals surface area contributed by atoms with E-state index in [1.807, 2.05) is 12.1 Å². The Balaban J connectivity index is 1.85. The predicted molar refractivity (Wildman–Crippen MR) is 153 cm³/mol. The Morgan fingerprint density at radius 2 is 1.85 bits per heavy atom. The lowest BCUT2D eigenvalue weighted by molar-refractivity contribution is -0.116. The molecule has 0 aliphatic carbocycles. The molecule has 0 fully saturated rings. The lowest BCUT2D eigenvalue weighted by Crippen LogP contribution is -2.43. The van der Waals surface area contributed by atoms with Crippen LogP contribution < -0.4 is 9.62 Å². The number of anilines is 1.